The monoisotopic (exact) mass is 399 g/mol. The first kappa shape index (κ1) is 20.5. The van der Waals surface area contributed by atoms with Gasteiger partial charge in [0.15, 0.2) is 6.29 Å². The zero-order chi connectivity index (χ0) is 18.4. The Labute approximate surface area is 152 Å². The molecule has 1 atom stereocenters. The largest absolute Gasteiger partial charge is 0.490 e. The smallest absolute Gasteiger partial charge is 0.408 e. The Kier molecular flexibility index (Phi) is 7.27. The van der Waals surface area contributed by atoms with Gasteiger partial charge in [-0.05, 0) is 52.3 Å². The Morgan fingerprint density at radius 1 is 1.29 bits per heavy atom. The average molecular weight is 400 g/mol. The molecule has 0 aliphatic heterocycles. The van der Waals surface area contributed by atoms with Gasteiger partial charge < -0.3 is 14.8 Å². The van der Waals surface area contributed by atoms with Crippen LogP contribution in [0, 0.1) is 0 Å². The Balaban J connectivity index is 2.81. The quantitative estimate of drug-likeness (QED) is 0.673. The highest BCUT2D eigenvalue weighted by Crippen LogP contribution is 2.24. The summed E-state index contributed by atoms with van der Waals surface area (Å²) in [5, 5.41) is 2.89. The fraction of sp³-hybridized carbons (Fsp3) is 0.556. The summed E-state index contributed by atoms with van der Waals surface area (Å²) in [6.07, 6.45) is 1.86. The van der Waals surface area contributed by atoms with Crippen molar-refractivity contribution < 1.29 is 19.1 Å². The molecule has 24 heavy (non-hydrogen) atoms. The number of aldehydes is 1. The summed E-state index contributed by atoms with van der Waals surface area (Å²) in [6, 6.07) is 5.23. The molecular weight excluding hydrogens is 374 g/mol. The molecule has 1 aromatic rings. The third-order valence-electron chi connectivity index (χ3n) is 3.25. The summed E-state index contributed by atoms with van der Waals surface area (Å²) in [7, 11) is 0. The van der Waals surface area contributed by atoms with E-state index in [-0.39, 0.29) is 6.61 Å². The number of carbonyl (C=O) groups excluding carboxylic acids is 2. The van der Waals surface area contributed by atoms with Crippen molar-refractivity contribution in [3.63, 3.8) is 0 Å². The highest BCUT2D eigenvalue weighted by atomic mass is 79.9. The van der Waals surface area contributed by atoms with E-state index in [1.54, 1.807) is 18.2 Å². The van der Waals surface area contributed by atoms with E-state index >= 15 is 0 Å². The van der Waals surface area contributed by atoms with Crippen LogP contribution in [0.5, 0.6) is 5.75 Å². The zero-order valence-corrected chi connectivity index (χ0v) is 16.5. The van der Waals surface area contributed by atoms with E-state index in [9.17, 15) is 9.59 Å². The van der Waals surface area contributed by atoms with Crippen LogP contribution in [0.2, 0.25) is 0 Å². The SMILES string of the molecule is CCC[C@@](C)(COc1ccc(Br)cc1C=O)NC(=O)OC(C)(C)C. The standard InChI is InChI=1S/C18H26BrNO4/c1-6-9-18(5,20-16(22)24-17(2,3)4)12-23-15-8-7-14(19)10-13(15)11-21/h7-8,10-11H,6,9,12H2,1-5H3,(H,20,22)/t18-/m0/s1. The van der Waals surface area contributed by atoms with Gasteiger partial charge in [-0.3, -0.25) is 4.79 Å². The molecular formula is C18H26BrNO4. The van der Waals surface area contributed by atoms with E-state index in [0.717, 1.165) is 23.6 Å². The van der Waals surface area contributed by atoms with Crippen molar-refractivity contribution in [3.05, 3.63) is 28.2 Å². The fourth-order valence-corrected chi connectivity index (χ4v) is 2.63. The van der Waals surface area contributed by atoms with Gasteiger partial charge >= 0.3 is 6.09 Å². The van der Waals surface area contributed by atoms with Crippen LogP contribution in [-0.4, -0.2) is 30.1 Å². The molecule has 134 valence electrons. The molecule has 0 saturated heterocycles. The topological polar surface area (TPSA) is 64.6 Å². The third kappa shape index (κ3) is 6.91. The molecule has 5 nitrogen and oxygen atoms in total. The Morgan fingerprint density at radius 3 is 2.50 bits per heavy atom. The average Bonchev–Trinajstić information content (AvgIpc) is 2.43. The molecule has 1 rings (SSSR count). The van der Waals surface area contributed by atoms with Crippen LogP contribution in [0.3, 0.4) is 0 Å². The molecule has 1 amide bonds. The normalized spacial score (nSPS) is 13.8. The van der Waals surface area contributed by atoms with Crippen LogP contribution < -0.4 is 10.1 Å². The molecule has 0 bridgehead atoms. The predicted octanol–water partition coefficient (Wildman–Crippen LogP) is 4.72. The van der Waals surface area contributed by atoms with E-state index in [1.807, 2.05) is 34.6 Å². The van der Waals surface area contributed by atoms with Gasteiger partial charge in [0, 0.05) is 4.47 Å². The zero-order valence-electron chi connectivity index (χ0n) is 14.9. The van der Waals surface area contributed by atoms with Gasteiger partial charge in [-0.15, -0.1) is 0 Å². The molecule has 0 fully saturated rings. The number of ether oxygens (including phenoxy) is 2. The maximum Gasteiger partial charge on any atom is 0.408 e. The van der Waals surface area contributed by atoms with Gasteiger partial charge in [-0.2, -0.15) is 0 Å². The van der Waals surface area contributed by atoms with E-state index in [1.165, 1.54) is 0 Å². The number of benzene rings is 1. The fourth-order valence-electron chi connectivity index (χ4n) is 2.25. The van der Waals surface area contributed by atoms with Crippen LogP contribution in [0.1, 0.15) is 57.8 Å². The van der Waals surface area contributed by atoms with Crippen molar-refractivity contribution in [1.82, 2.24) is 5.32 Å². The van der Waals surface area contributed by atoms with Crippen molar-refractivity contribution in [2.24, 2.45) is 0 Å². The molecule has 0 heterocycles. The highest BCUT2D eigenvalue weighted by molar-refractivity contribution is 9.10. The Morgan fingerprint density at radius 2 is 1.96 bits per heavy atom. The lowest BCUT2D eigenvalue weighted by molar-refractivity contribution is 0.0418. The number of carbonyl (C=O) groups is 2. The highest BCUT2D eigenvalue weighted by Gasteiger charge is 2.29. The van der Waals surface area contributed by atoms with Gasteiger partial charge in [-0.1, -0.05) is 29.3 Å². The first-order chi connectivity index (χ1) is 11.1. The maximum absolute atomic E-state index is 12.1. The molecule has 0 saturated carbocycles. The van der Waals surface area contributed by atoms with Crippen LogP contribution in [-0.2, 0) is 4.74 Å². The van der Waals surface area contributed by atoms with Crippen molar-refractivity contribution >= 4 is 28.3 Å². The number of alkyl carbamates (subject to hydrolysis) is 1. The van der Waals surface area contributed by atoms with Crippen molar-refractivity contribution in [2.75, 3.05) is 6.61 Å². The Hall–Kier alpha value is -1.56. The summed E-state index contributed by atoms with van der Waals surface area (Å²) < 4.78 is 11.9. The summed E-state index contributed by atoms with van der Waals surface area (Å²) in [4.78, 5) is 23.3. The van der Waals surface area contributed by atoms with Gasteiger partial charge in [0.2, 0.25) is 0 Å². The molecule has 0 spiro atoms. The van der Waals surface area contributed by atoms with Crippen LogP contribution in [0.25, 0.3) is 0 Å². The lowest BCUT2D eigenvalue weighted by atomic mass is 9.97. The number of amides is 1. The van der Waals surface area contributed by atoms with Crippen molar-refractivity contribution in [2.45, 2.75) is 58.6 Å². The van der Waals surface area contributed by atoms with Crippen LogP contribution in [0.4, 0.5) is 4.79 Å². The molecule has 0 unspecified atom stereocenters. The molecule has 6 heteroatoms. The first-order valence-corrected chi connectivity index (χ1v) is 8.76. The van der Waals surface area contributed by atoms with Gasteiger partial charge in [0.25, 0.3) is 0 Å². The molecule has 0 aliphatic carbocycles. The maximum atomic E-state index is 12.1. The van der Waals surface area contributed by atoms with Gasteiger partial charge in [-0.25, -0.2) is 4.79 Å². The summed E-state index contributed by atoms with van der Waals surface area (Å²) in [6.45, 7) is 9.63. The number of rotatable bonds is 7. The van der Waals surface area contributed by atoms with E-state index in [2.05, 4.69) is 21.2 Å². The van der Waals surface area contributed by atoms with Crippen LogP contribution >= 0.6 is 15.9 Å². The second-order valence-corrected chi connectivity index (χ2v) is 7.94. The number of halogens is 1. The van der Waals surface area contributed by atoms with Crippen molar-refractivity contribution in [3.8, 4) is 5.75 Å². The first-order valence-electron chi connectivity index (χ1n) is 7.97. The lowest BCUT2D eigenvalue weighted by Gasteiger charge is -2.32. The third-order valence-corrected chi connectivity index (χ3v) is 3.74. The molecule has 1 aromatic carbocycles. The summed E-state index contributed by atoms with van der Waals surface area (Å²) in [5.74, 6) is 0.488. The molecule has 0 radical (unpaired) electrons. The van der Waals surface area contributed by atoms with E-state index in [4.69, 9.17) is 9.47 Å². The lowest BCUT2D eigenvalue weighted by Crippen LogP contribution is -2.51. The molecule has 1 N–H and O–H groups in total. The second kappa shape index (κ2) is 8.51. The summed E-state index contributed by atoms with van der Waals surface area (Å²) >= 11 is 3.33. The summed E-state index contributed by atoms with van der Waals surface area (Å²) in [5.41, 5.74) is -0.695. The minimum atomic E-state index is -0.593. The minimum absolute atomic E-state index is 0.239. The minimum Gasteiger partial charge on any atom is -0.490 e. The number of nitrogens with one attached hydrogen (secondary N) is 1. The number of hydrogen-bond donors (Lipinski definition) is 1. The van der Waals surface area contributed by atoms with Gasteiger partial charge in [0.05, 0.1) is 11.1 Å². The molecule has 0 aliphatic rings. The van der Waals surface area contributed by atoms with Gasteiger partial charge in [0.1, 0.15) is 18.0 Å². The number of hydrogen-bond acceptors (Lipinski definition) is 4. The predicted molar refractivity (Wildman–Crippen MR) is 97.7 cm³/mol. The Bertz CT molecular complexity index is 583. The van der Waals surface area contributed by atoms with Crippen molar-refractivity contribution in [1.29, 1.82) is 0 Å². The second-order valence-electron chi connectivity index (χ2n) is 7.03. The molecule has 0 aromatic heterocycles. The van der Waals surface area contributed by atoms with E-state index in [0.29, 0.717) is 11.3 Å². The van der Waals surface area contributed by atoms with E-state index < -0.39 is 17.2 Å². The van der Waals surface area contributed by atoms with Crippen LogP contribution in [0.15, 0.2) is 22.7 Å².